The van der Waals surface area contributed by atoms with E-state index >= 15 is 0 Å². The van der Waals surface area contributed by atoms with Crippen molar-refractivity contribution >= 4 is 5.91 Å². The van der Waals surface area contributed by atoms with Gasteiger partial charge >= 0.3 is 0 Å². The van der Waals surface area contributed by atoms with Crippen LogP contribution < -0.4 is 11.1 Å². The van der Waals surface area contributed by atoms with Crippen molar-refractivity contribution in [3.8, 4) is 0 Å². The van der Waals surface area contributed by atoms with Crippen molar-refractivity contribution < 1.29 is 9.53 Å². The zero-order valence-electron chi connectivity index (χ0n) is 11.1. The minimum absolute atomic E-state index is 0.0765. The van der Waals surface area contributed by atoms with Gasteiger partial charge in [0.15, 0.2) is 0 Å². The predicted molar refractivity (Wildman–Crippen MR) is 68.7 cm³/mol. The summed E-state index contributed by atoms with van der Waals surface area (Å²) in [6, 6.07) is 0. The van der Waals surface area contributed by atoms with Crippen molar-refractivity contribution in [2.45, 2.75) is 51.0 Å². The van der Waals surface area contributed by atoms with Crippen molar-refractivity contribution in [2.24, 2.45) is 11.7 Å². The standard InChI is InChI=1S/C13H26N2O2/c1-11-5-7-13(10-14,8-6-11)17-9-3-4-12(16)15-2/h11H,3-10,14H2,1-2H3,(H,15,16). The molecule has 0 aromatic carbocycles. The first kappa shape index (κ1) is 14.5. The number of hydrogen-bond acceptors (Lipinski definition) is 3. The Hall–Kier alpha value is -0.610. The lowest BCUT2D eigenvalue weighted by molar-refractivity contribution is -0.121. The molecule has 0 aliphatic heterocycles. The molecular weight excluding hydrogens is 216 g/mol. The summed E-state index contributed by atoms with van der Waals surface area (Å²) < 4.78 is 5.96. The van der Waals surface area contributed by atoms with Crippen molar-refractivity contribution in [3.05, 3.63) is 0 Å². The van der Waals surface area contributed by atoms with Gasteiger partial charge < -0.3 is 15.8 Å². The highest BCUT2D eigenvalue weighted by molar-refractivity contribution is 5.75. The largest absolute Gasteiger partial charge is 0.374 e. The first-order valence-electron chi connectivity index (χ1n) is 6.66. The van der Waals surface area contributed by atoms with E-state index in [1.54, 1.807) is 7.05 Å². The van der Waals surface area contributed by atoms with Crippen LogP contribution in [0.5, 0.6) is 0 Å². The van der Waals surface area contributed by atoms with Crippen LogP contribution in [-0.4, -0.2) is 31.7 Å². The smallest absolute Gasteiger partial charge is 0.219 e. The molecule has 1 fully saturated rings. The lowest BCUT2D eigenvalue weighted by Crippen LogP contribution is -2.44. The third-order valence-electron chi connectivity index (χ3n) is 3.79. The number of carbonyl (C=O) groups is 1. The number of nitrogens with two attached hydrogens (primary N) is 1. The molecule has 0 spiro atoms. The van der Waals surface area contributed by atoms with Crippen LogP contribution >= 0.6 is 0 Å². The van der Waals surface area contributed by atoms with Crippen molar-refractivity contribution in [2.75, 3.05) is 20.2 Å². The molecule has 0 saturated heterocycles. The fraction of sp³-hybridized carbons (Fsp3) is 0.923. The SMILES string of the molecule is CNC(=O)CCCOC1(CN)CCC(C)CC1. The second-order valence-corrected chi connectivity index (χ2v) is 5.19. The molecule has 100 valence electrons. The Morgan fingerprint density at radius 1 is 1.47 bits per heavy atom. The van der Waals surface area contributed by atoms with Crippen LogP contribution in [0.4, 0.5) is 0 Å². The number of nitrogens with one attached hydrogen (secondary N) is 1. The average molecular weight is 242 g/mol. The van der Waals surface area contributed by atoms with E-state index in [9.17, 15) is 4.79 Å². The molecule has 0 aromatic rings. The van der Waals surface area contributed by atoms with Crippen LogP contribution in [0.2, 0.25) is 0 Å². The number of hydrogen-bond donors (Lipinski definition) is 2. The lowest BCUT2D eigenvalue weighted by Gasteiger charge is -2.38. The van der Waals surface area contributed by atoms with Crippen LogP contribution in [-0.2, 0) is 9.53 Å². The molecule has 1 rings (SSSR count). The summed E-state index contributed by atoms with van der Waals surface area (Å²) in [5, 5.41) is 2.61. The predicted octanol–water partition coefficient (Wildman–Crippen LogP) is 1.44. The number of carbonyl (C=O) groups excluding carboxylic acids is 1. The van der Waals surface area contributed by atoms with Gasteiger partial charge in [-0.15, -0.1) is 0 Å². The number of amides is 1. The van der Waals surface area contributed by atoms with E-state index in [4.69, 9.17) is 10.5 Å². The maximum Gasteiger partial charge on any atom is 0.219 e. The summed E-state index contributed by atoms with van der Waals surface area (Å²) in [6.07, 6.45) is 5.83. The Balaban J connectivity index is 2.25. The molecule has 0 radical (unpaired) electrons. The first-order valence-corrected chi connectivity index (χ1v) is 6.66. The summed E-state index contributed by atoms with van der Waals surface area (Å²) in [5.41, 5.74) is 5.73. The Morgan fingerprint density at radius 3 is 2.65 bits per heavy atom. The zero-order chi connectivity index (χ0) is 12.7. The summed E-state index contributed by atoms with van der Waals surface area (Å²) in [4.78, 5) is 11.1. The van der Waals surface area contributed by atoms with Gasteiger partial charge in [0.1, 0.15) is 0 Å². The maximum atomic E-state index is 11.1. The van der Waals surface area contributed by atoms with E-state index in [0.717, 1.165) is 25.2 Å². The van der Waals surface area contributed by atoms with Gasteiger partial charge in [-0.1, -0.05) is 6.92 Å². The topological polar surface area (TPSA) is 64.3 Å². The minimum atomic E-state index is -0.116. The summed E-state index contributed by atoms with van der Waals surface area (Å²) in [5.74, 6) is 0.872. The molecule has 1 aliphatic rings. The molecule has 0 aromatic heterocycles. The lowest BCUT2D eigenvalue weighted by atomic mass is 9.79. The molecule has 0 unspecified atom stereocenters. The Kier molecular flexibility index (Phi) is 5.92. The Morgan fingerprint density at radius 2 is 2.12 bits per heavy atom. The fourth-order valence-corrected chi connectivity index (χ4v) is 2.34. The molecule has 1 aliphatic carbocycles. The van der Waals surface area contributed by atoms with Crippen LogP contribution in [0.3, 0.4) is 0 Å². The third-order valence-corrected chi connectivity index (χ3v) is 3.79. The van der Waals surface area contributed by atoms with Gasteiger partial charge in [-0.3, -0.25) is 4.79 Å². The van der Waals surface area contributed by atoms with E-state index < -0.39 is 0 Å². The molecule has 0 bridgehead atoms. The van der Waals surface area contributed by atoms with Gasteiger partial charge in [-0.05, 0) is 38.0 Å². The van der Waals surface area contributed by atoms with Gasteiger partial charge in [0, 0.05) is 26.6 Å². The maximum absolute atomic E-state index is 11.1. The van der Waals surface area contributed by atoms with Gasteiger partial charge in [-0.25, -0.2) is 0 Å². The van der Waals surface area contributed by atoms with Crippen LogP contribution in [0.25, 0.3) is 0 Å². The van der Waals surface area contributed by atoms with Gasteiger partial charge in [-0.2, -0.15) is 0 Å². The second-order valence-electron chi connectivity index (χ2n) is 5.19. The van der Waals surface area contributed by atoms with Crippen LogP contribution in [0.15, 0.2) is 0 Å². The van der Waals surface area contributed by atoms with Gasteiger partial charge in [0.2, 0.25) is 5.91 Å². The highest BCUT2D eigenvalue weighted by atomic mass is 16.5. The van der Waals surface area contributed by atoms with E-state index in [-0.39, 0.29) is 11.5 Å². The van der Waals surface area contributed by atoms with Crippen molar-refractivity contribution in [1.29, 1.82) is 0 Å². The molecule has 0 atom stereocenters. The molecule has 4 nitrogen and oxygen atoms in total. The van der Waals surface area contributed by atoms with Crippen molar-refractivity contribution in [3.63, 3.8) is 0 Å². The molecule has 17 heavy (non-hydrogen) atoms. The fourth-order valence-electron chi connectivity index (χ4n) is 2.34. The first-order chi connectivity index (χ1) is 8.12. The van der Waals surface area contributed by atoms with Gasteiger partial charge in [0.05, 0.1) is 5.60 Å². The highest BCUT2D eigenvalue weighted by Gasteiger charge is 2.33. The monoisotopic (exact) mass is 242 g/mol. The van der Waals surface area contributed by atoms with E-state index in [1.807, 2.05) is 0 Å². The molecule has 1 saturated carbocycles. The summed E-state index contributed by atoms with van der Waals surface area (Å²) in [6.45, 7) is 3.52. The molecule has 0 heterocycles. The Bertz CT molecular complexity index is 236. The average Bonchev–Trinajstić information content (AvgIpc) is 2.37. The van der Waals surface area contributed by atoms with Gasteiger partial charge in [0.25, 0.3) is 0 Å². The summed E-state index contributed by atoms with van der Waals surface area (Å²) >= 11 is 0. The molecular formula is C13H26N2O2. The van der Waals surface area contributed by atoms with E-state index in [1.165, 1.54) is 12.8 Å². The van der Waals surface area contributed by atoms with Crippen LogP contribution in [0.1, 0.15) is 45.4 Å². The minimum Gasteiger partial charge on any atom is -0.374 e. The van der Waals surface area contributed by atoms with E-state index in [0.29, 0.717) is 19.6 Å². The Labute approximate surface area is 104 Å². The third kappa shape index (κ3) is 4.64. The normalized spacial score (nSPS) is 29.0. The summed E-state index contributed by atoms with van der Waals surface area (Å²) in [7, 11) is 1.66. The molecule has 1 amide bonds. The van der Waals surface area contributed by atoms with E-state index in [2.05, 4.69) is 12.2 Å². The second kappa shape index (κ2) is 6.97. The number of ether oxygens (including phenoxy) is 1. The van der Waals surface area contributed by atoms with Crippen LogP contribution in [0, 0.1) is 5.92 Å². The molecule has 3 N–H and O–H groups in total. The zero-order valence-corrected chi connectivity index (χ0v) is 11.1. The highest BCUT2D eigenvalue weighted by Crippen LogP contribution is 2.34. The number of rotatable bonds is 6. The van der Waals surface area contributed by atoms with Crippen molar-refractivity contribution in [1.82, 2.24) is 5.32 Å². The quantitative estimate of drug-likeness (QED) is 0.693. The molecule has 4 heteroatoms.